The van der Waals surface area contributed by atoms with E-state index in [1.807, 2.05) is 6.92 Å². The quantitative estimate of drug-likeness (QED) is 0.373. The van der Waals surface area contributed by atoms with Crippen LogP contribution in [0.25, 0.3) is 0 Å². The smallest absolute Gasteiger partial charge is 0.206 e. The number of unbranched alkanes of at least 4 members (excludes halogenated alkanes) is 1. The maximum atomic E-state index is 13.7. The zero-order valence-electron chi connectivity index (χ0n) is 12.2. The minimum Gasteiger partial charge on any atom is -0.206 e. The van der Waals surface area contributed by atoms with Gasteiger partial charge in [0, 0.05) is 15.8 Å². The molecule has 4 nitrogen and oxygen atoms in total. The fourth-order valence-corrected chi connectivity index (χ4v) is 3.01. The Hall–Kier alpha value is -1.35. The van der Waals surface area contributed by atoms with Crippen molar-refractivity contribution in [3.63, 3.8) is 0 Å². The number of alkyl halides is 2. The number of rotatable bonds is 7. The van der Waals surface area contributed by atoms with Gasteiger partial charge in [-0.25, -0.2) is 13.2 Å². The zero-order chi connectivity index (χ0) is 16.8. The fourth-order valence-electron chi connectivity index (χ4n) is 1.65. The maximum Gasteiger partial charge on any atom is 0.299 e. The minimum absolute atomic E-state index is 0.179. The van der Waals surface area contributed by atoms with Gasteiger partial charge >= 0.3 is 0 Å². The molecular formula is C14H14BrF3N4S. The number of benzene rings is 1. The summed E-state index contributed by atoms with van der Waals surface area (Å²) in [6, 6.07) is 4.32. The second-order valence-corrected chi connectivity index (χ2v) is 6.54. The van der Waals surface area contributed by atoms with Gasteiger partial charge in [-0.3, -0.25) is 0 Å². The van der Waals surface area contributed by atoms with Gasteiger partial charge in [-0.2, -0.15) is 9.78 Å². The highest BCUT2D eigenvalue weighted by atomic mass is 79.9. The lowest BCUT2D eigenvalue weighted by atomic mass is 10.2. The van der Waals surface area contributed by atoms with Crippen LogP contribution in [0, 0.1) is 5.82 Å². The van der Waals surface area contributed by atoms with Crippen LogP contribution in [0.1, 0.15) is 37.6 Å². The summed E-state index contributed by atoms with van der Waals surface area (Å²) in [4.78, 5) is 0. The predicted octanol–water partition coefficient (Wildman–Crippen LogP) is 4.89. The van der Waals surface area contributed by atoms with E-state index in [1.54, 1.807) is 6.07 Å². The lowest BCUT2D eigenvalue weighted by Gasteiger charge is -2.04. The van der Waals surface area contributed by atoms with E-state index in [1.165, 1.54) is 30.1 Å². The summed E-state index contributed by atoms with van der Waals surface area (Å²) >= 11 is 4.52. The van der Waals surface area contributed by atoms with E-state index in [2.05, 4.69) is 31.2 Å². The summed E-state index contributed by atoms with van der Waals surface area (Å²) in [5.74, 6) is -0.335. The van der Waals surface area contributed by atoms with Crippen molar-refractivity contribution in [2.45, 2.75) is 31.3 Å². The second kappa shape index (κ2) is 8.49. The highest BCUT2D eigenvalue weighted by Gasteiger charge is 2.20. The summed E-state index contributed by atoms with van der Waals surface area (Å²) in [7, 11) is 0. The molecule has 0 fully saturated rings. The molecule has 9 heteroatoms. The Labute approximate surface area is 144 Å². The van der Waals surface area contributed by atoms with Gasteiger partial charge in [-0.1, -0.05) is 41.0 Å². The summed E-state index contributed by atoms with van der Waals surface area (Å²) < 4.78 is 41.3. The van der Waals surface area contributed by atoms with Crippen molar-refractivity contribution in [2.75, 3.05) is 5.75 Å². The molecule has 0 bridgehead atoms. The summed E-state index contributed by atoms with van der Waals surface area (Å²) in [5, 5.41) is 11.4. The molecule has 23 heavy (non-hydrogen) atoms. The van der Waals surface area contributed by atoms with Crippen molar-refractivity contribution in [3.05, 3.63) is 39.9 Å². The van der Waals surface area contributed by atoms with Crippen LogP contribution in [0.3, 0.4) is 0 Å². The first kappa shape index (κ1) is 18.0. The van der Waals surface area contributed by atoms with Gasteiger partial charge in [0.1, 0.15) is 5.82 Å². The maximum absolute atomic E-state index is 13.7. The first-order valence-corrected chi connectivity index (χ1v) is 8.66. The molecule has 0 unspecified atom stereocenters. The van der Waals surface area contributed by atoms with Gasteiger partial charge in [-0.05, 0) is 24.6 Å². The number of aromatic nitrogens is 3. The van der Waals surface area contributed by atoms with Gasteiger partial charge in [0.25, 0.3) is 6.43 Å². The molecule has 0 aliphatic rings. The van der Waals surface area contributed by atoms with E-state index in [0.717, 1.165) is 23.3 Å². The zero-order valence-corrected chi connectivity index (χ0v) is 14.6. The van der Waals surface area contributed by atoms with Crippen LogP contribution < -0.4 is 0 Å². The van der Waals surface area contributed by atoms with Gasteiger partial charge in [-0.15, -0.1) is 10.2 Å². The number of thioether (sulfide) groups is 1. The van der Waals surface area contributed by atoms with Gasteiger partial charge in [0.2, 0.25) is 11.0 Å². The lowest BCUT2D eigenvalue weighted by Crippen LogP contribution is -2.01. The standard InChI is InChI=1S/C14H14BrF3N4S/c1-2-3-6-23-14-21-20-13(12(17)18)22(14)19-8-9-7-10(15)4-5-11(9)16/h4-5,7-8,12H,2-3,6H2,1H3. The van der Waals surface area contributed by atoms with Gasteiger partial charge in [0.15, 0.2) is 0 Å². The van der Waals surface area contributed by atoms with Crippen LogP contribution in [0.4, 0.5) is 13.2 Å². The molecule has 0 saturated heterocycles. The molecule has 0 amide bonds. The van der Waals surface area contributed by atoms with Crippen molar-refractivity contribution in [3.8, 4) is 0 Å². The van der Waals surface area contributed by atoms with Crippen molar-refractivity contribution in [2.24, 2.45) is 5.10 Å². The Balaban J connectivity index is 2.30. The molecular weight excluding hydrogens is 393 g/mol. The SMILES string of the molecule is CCCCSc1nnc(C(F)F)n1N=Cc1cc(Br)ccc1F. The average Bonchev–Trinajstić information content (AvgIpc) is 2.92. The Morgan fingerprint density at radius 1 is 1.39 bits per heavy atom. The molecule has 1 heterocycles. The molecule has 0 N–H and O–H groups in total. The molecule has 2 aromatic rings. The molecule has 1 aromatic carbocycles. The molecule has 0 saturated carbocycles. The Bertz CT molecular complexity index is 691. The lowest BCUT2D eigenvalue weighted by molar-refractivity contribution is 0.135. The van der Waals surface area contributed by atoms with Crippen LogP contribution >= 0.6 is 27.7 Å². The predicted molar refractivity (Wildman–Crippen MR) is 87.7 cm³/mol. The molecule has 0 aliphatic heterocycles. The van der Waals surface area contributed by atoms with Crippen LogP contribution in [0.2, 0.25) is 0 Å². The number of halogens is 4. The topological polar surface area (TPSA) is 43.1 Å². The van der Waals surface area contributed by atoms with E-state index in [0.29, 0.717) is 4.47 Å². The number of nitrogens with zero attached hydrogens (tertiary/aromatic N) is 4. The summed E-state index contributed by atoms with van der Waals surface area (Å²) in [6.07, 6.45) is 0.271. The van der Waals surface area contributed by atoms with Crippen molar-refractivity contribution in [1.29, 1.82) is 0 Å². The Morgan fingerprint density at radius 2 is 2.17 bits per heavy atom. The van der Waals surface area contributed by atoms with Crippen molar-refractivity contribution in [1.82, 2.24) is 14.9 Å². The second-order valence-electron chi connectivity index (χ2n) is 4.57. The largest absolute Gasteiger partial charge is 0.299 e. The molecule has 0 atom stereocenters. The van der Waals surface area contributed by atoms with Crippen molar-refractivity contribution >= 4 is 33.9 Å². The Kier molecular flexibility index (Phi) is 6.64. The molecule has 0 radical (unpaired) electrons. The Morgan fingerprint density at radius 3 is 2.87 bits per heavy atom. The van der Waals surface area contributed by atoms with E-state index in [9.17, 15) is 13.2 Å². The van der Waals surface area contributed by atoms with Crippen LogP contribution in [0.15, 0.2) is 32.9 Å². The normalized spacial score (nSPS) is 11.7. The van der Waals surface area contributed by atoms with Gasteiger partial charge < -0.3 is 0 Å². The summed E-state index contributed by atoms with van der Waals surface area (Å²) in [6.45, 7) is 2.03. The minimum atomic E-state index is -2.81. The third-order valence-corrected chi connectivity index (χ3v) is 4.33. The third kappa shape index (κ3) is 4.81. The van der Waals surface area contributed by atoms with Crippen molar-refractivity contribution < 1.29 is 13.2 Å². The molecule has 0 spiro atoms. The van der Waals surface area contributed by atoms with E-state index in [-0.39, 0.29) is 10.7 Å². The molecule has 2 rings (SSSR count). The van der Waals surface area contributed by atoms with E-state index >= 15 is 0 Å². The average molecular weight is 407 g/mol. The van der Waals surface area contributed by atoms with E-state index in [4.69, 9.17) is 0 Å². The monoisotopic (exact) mass is 406 g/mol. The first-order valence-electron chi connectivity index (χ1n) is 6.88. The molecule has 1 aromatic heterocycles. The van der Waals surface area contributed by atoms with Crippen LogP contribution in [0.5, 0.6) is 0 Å². The fraction of sp³-hybridized carbons (Fsp3) is 0.357. The number of hydrogen-bond donors (Lipinski definition) is 0. The molecule has 0 aliphatic carbocycles. The summed E-state index contributed by atoms with van der Waals surface area (Å²) in [5.41, 5.74) is 0.179. The third-order valence-electron chi connectivity index (χ3n) is 2.83. The highest BCUT2D eigenvalue weighted by Crippen LogP contribution is 2.24. The number of hydrogen-bond acceptors (Lipinski definition) is 4. The van der Waals surface area contributed by atoms with Gasteiger partial charge in [0.05, 0.1) is 6.21 Å². The van der Waals surface area contributed by atoms with Crippen LogP contribution in [-0.2, 0) is 0 Å². The molecule has 124 valence electrons. The highest BCUT2D eigenvalue weighted by molar-refractivity contribution is 9.10. The first-order chi connectivity index (χ1) is 11.0. The van der Waals surface area contributed by atoms with Crippen LogP contribution in [-0.4, -0.2) is 26.8 Å². The van der Waals surface area contributed by atoms with E-state index < -0.39 is 18.1 Å².